The highest BCUT2D eigenvalue weighted by Crippen LogP contribution is 2.30. The van der Waals surface area contributed by atoms with E-state index >= 15 is 0 Å². The predicted molar refractivity (Wildman–Crippen MR) is 99.6 cm³/mol. The lowest BCUT2D eigenvalue weighted by Crippen LogP contribution is -2.25. The Balaban J connectivity index is 2.22. The van der Waals surface area contributed by atoms with Crippen molar-refractivity contribution < 1.29 is 4.79 Å². The highest BCUT2D eigenvalue weighted by molar-refractivity contribution is 6.30. The molecular formula is C20H19ClN2O. The number of halogens is 1. The molecule has 0 aliphatic heterocycles. The van der Waals surface area contributed by atoms with Crippen LogP contribution in [0.1, 0.15) is 29.3 Å². The second-order valence-electron chi connectivity index (χ2n) is 5.74. The van der Waals surface area contributed by atoms with Crippen molar-refractivity contribution in [1.82, 2.24) is 10.3 Å². The van der Waals surface area contributed by atoms with Gasteiger partial charge in [0.1, 0.15) is 0 Å². The molecule has 0 atom stereocenters. The molecule has 1 heterocycles. The van der Waals surface area contributed by atoms with Crippen LogP contribution in [0.15, 0.2) is 48.5 Å². The number of hydrogen-bond acceptors (Lipinski definition) is 2. The molecule has 3 nitrogen and oxygen atoms in total. The number of rotatable bonds is 4. The largest absolute Gasteiger partial charge is 0.352 e. The van der Waals surface area contributed by atoms with Crippen LogP contribution in [0.3, 0.4) is 0 Å². The standard InChI is InChI=1S/C20H19ClN2O/c1-3-12-22-20(24)18-13(2)19(14-8-10-15(21)11-9-14)23-17-7-5-4-6-16(17)18/h4-11H,3,12H2,1-2H3,(H,22,24). The maximum absolute atomic E-state index is 12.7. The lowest BCUT2D eigenvalue weighted by Gasteiger charge is -2.14. The number of pyridine rings is 1. The van der Waals surface area contributed by atoms with Gasteiger partial charge in [0, 0.05) is 22.5 Å². The van der Waals surface area contributed by atoms with E-state index in [1.165, 1.54) is 0 Å². The van der Waals surface area contributed by atoms with Crippen molar-refractivity contribution >= 4 is 28.4 Å². The molecule has 122 valence electrons. The van der Waals surface area contributed by atoms with Crippen LogP contribution in [-0.4, -0.2) is 17.4 Å². The molecule has 24 heavy (non-hydrogen) atoms. The van der Waals surface area contributed by atoms with Crippen LogP contribution in [0.5, 0.6) is 0 Å². The van der Waals surface area contributed by atoms with Crippen LogP contribution in [0, 0.1) is 6.92 Å². The first-order valence-corrected chi connectivity index (χ1v) is 8.43. The molecule has 0 aliphatic rings. The van der Waals surface area contributed by atoms with Gasteiger partial charge in [0.2, 0.25) is 0 Å². The van der Waals surface area contributed by atoms with Crippen molar-refractivity contribution in [3.05, 3.63) is 64.7 Å². The molecule has 3 rings (SSSR count). The van der Waals surface area contributed by atoms with Crippen LogP contribution in [0.4, 0.5) is 0 Å². The van der Waals surface area contributed by atoms with E-state index in [9.17, 15) is 4.79 Å². The summed E-state index contributed by atoms with van der Waals surface area (Å²) in [6.07, 6.45) is 0.901. The molecule has 4 heteroatoms. The minimum atomic E-state index is -0.0526. The number of carbonyl (C=O) groups is 1. The van der Waals surface area contributed by atoms with Gasteiger partial charge in [-0.3, -0.25) is 4.79 Å². The Bertz CT molecular complexity index is 888. The van der Waals surface area contributed by atoms with Crippen molar-refractivity contribution in [3.8, 4) is 11.3 Å². The van der Waals surface area contributed by atoms with Crippen LogP contribution in [-0.2, 0) is 0 Å². The molecule has 2 aromatic carbocycles. The smallest absolute Gasteiger partial charge is 0.252 e. The summed E-state index contributed by atoms with van der Waals surface area (Å²) < 4.78 is 0. The number of carbonyl (C=O) groups excluding carboxylic acids is 1. The SMILES string of the molecule is CCCNC(=O)c1c(C)c(-c2ccc(Cl)cc2)nc2ccccc12. The van der Waals surface area contributed by atoms with Crippen LogP contribution in [0.25, 0.3) is 22.2 Å². The van der Waals surface area contributed by atoms with Gasteiger partial charge in [-0.25, -0.2) is 4.98 Å². The van der Waals surface area contributed by atoms with E-state index < -0.39 is 0 Å². The van der Waals surface area contributed by atoms with Gasteiger partial charge in [0.25, 0.3) is 5.91 Å². The number of amides is 1. The summed E-state index contributed by atoms with van der Waals surface area (Å²) in [5.74, 6) is -0.0526. The van der Waals surface area contributed by atoms with Gasteiger partial charge in [-0.1, -0.05) is 48.9 Å². The average Bonchev–Trinajstić information content (AvgIpc) is 2.60. The number of para-hydroxylation sites is 1. The quantitative estimate of drug-likeness (QED) is 0.727. The average molecular weight is 339 g/mol. The van der Waals surface area contributed by atoms with Crippen LogP contribution < -0.4 is 5.32 Å². The first kappa shape index (κ1) is 16.5. The summed E-state index contributed by atoms with van der Waals surface area (Å²) in [5, 5.41) is 4.54. The van der Waals surface area contributed by atoms with Crippen molar-refractivity contribution in [2.75, 3.05) is 6.54 Å². The molecule has 1 aromatic heterocycles. The summed E-state index contributed by atoms with van der Waals surface area (Å²) in [6.45, 7) is 4.65. The Morgan fingerprint density at radius 3 is 2.54 bits per heavy atom. The normalized spacial score (nSPS) is 10.8. The predicted octanol–water partition coefficient (Wildman–Crippen LogP) is 5.00. The second-order valence-corrected chi connectivity index (χ2v) is 6.18. The molecular weight excluding hydrogens is 320 g/mol. The van der Waals surface area contributed by atoms with E-state index in [1.54, 1.807) is 0 Å². The third-order valence-electron chi connectivity index (χ3n) is 4.02. The van der Waals surface area contributed by atoms with Crippen molar-refractivity contribution in [3.63, 3.8) is 0 Å². The summed E-state index contributed by atoms with van der Waals surface area (Å²) in [6, 6.07) is 15.3. The molecule has 0 bridgehead atoms. The van der Waals surface area contributed by atoms with E-state index in [0.717, 1.165) is 34.1 Å². The van der Waals surface area contributed by atoms with Crippen molar-refractivity contribution in [1.29, 1.82) is 0 Å². The van der Waals surface area contributed by atoms with Gasteiger partial charge in [0.15, 0.2) is 0 Å². The summed E-state index contributed by atoms with van der Waals surface area (Å²) in [4.78, 5) is 17.5. The maximum atomic E-state index is 12.7. The van der Waals surface area contributed by atoms with Crippen molar-refractivity contribution in [2.24, 2.45) is 0 Å². The number of fused-ring (bicyclic) bond motifs is 1. The van der Waals surface area contributed by atoms with Crippen LogP contribution >= 0.6 is 11.6 Å². The molecule has 3 aromatic rings. The topological polar surface area (TPSA) is 42.0 Å². The molecule has 0 spiro atoms. The zero-order valence-electron chi connectivity index (χ0n) is 13.8. The molecule has 0 saturated carbocycles. The number of hydrogen-bond donors (Lipinski definition) is 1. The van der Waals surface area contributed by atoms with Gasteiger partial charge >= 0.3 is 0 Å². The van der Waals surface area contributed by atoms with Crippen molar-refractivity contribution in [2.45, 2.75) is 20.3 Å². The van der Waals surface area contributed by atoms with Crippen LogP contribution in [0.2, 0.25) is 5.02 Å². The molecule has 1 amide bonds. The summed E-state index contributed by atoms with van der Waals surface area (Å²) in [5.41, 5.74) is 4.15. The number of nitrogens with zero attached hydrogens (tertiary/aromatic N) is 1. The van der Waals surface area contributed by atoms with E-state index in [-0.39, 0.29) is 5.91 Å². The molecule has 1 N–H and O–H groups in total. The molecule has 0 aliphatic carbocycles. The molecule has 0 saturated heterocycles. The van der Waals surface area contributed by atoms with Gasteiger partial charge in [-0.2, -0.15) is 0 Å². The van der Waals surface area contributed by atoms with Gasteiger partial charge in [0.05, 0.1) is 16.8 Å². The zero-order chi connectivity index (χ0) is 17.1. The minimum absolute atomic E-state index is 0.0526. The molecule has 0 radical (unpaired) electrons. The Labute approximate surface area is 146 Å². The zero-order valence-corrected chi connectivity index (χ0v) is 14.5. The van der Waals surface area contributed by atoms with E-state index in [1.807, 2.05) is 62.4 Å². The number of aromatic nitrogens is 1. The summed E-state index contributed by atoms with van der Waals surface area (Å²) in [7, 11) is 0. The van der Waals surface area contributed by atoms with Gasteiger partial charge in [-0.15, -0.1) is 0 Å². The van der Waals surface area contributed by atoms with E-state index in [2.05, 4.69) is 5.32 Å². The highest BCUT2D eigenvalue weighted by Gasteiger charge is 2.18. The minimum Gasteiger partial charge on any atom is -0.352 e. The third kappa shape index (κ3) is 3.13. The van der Waals surface area contributed by atoms with Gasteiger partial charge in [-0.05, 0) is 37.1 Å². The monoisotopic (exact) mass is 338 g/mol. The Hall–Kier alpha value is -2.39. The van der Waals surface area contributed by atoms with Gasteiger partial charge < -0.3 is 5.32 Å². The lowest BCUT2D eigenvalue weighted by atomic mass is 9.97. The second kappa shape index (κ2) is 7.02. The fraction of sp³-hybridized carbons (Fsp3) is 0.200. The Kier molecular flexibility index (Phi) is 4.81. The Morgan fingerprint density at radius 1 is 1.12 bits per heavy atom. The number of nitrogens with one attached hydrogen (secondary N) is 1. The third-order valence-corrected chi connectivity index (χ3v) is 4.27. The fourth-order valence-corrected chi connectivity index (χ4v) is 2.94. The number of benzene rings is 2. The highest BCUT2D eigenvalue weighted by atomic mass is 35.5. The van der Waals surface area contributed by atoms with E-state index in [0.29, 0.717) is 17.1 Å². The Morgan fingerprint density at radius 2 is 1.83 bits per heavy atom. The first-order valence-electron chi connectivity index (χ1n) is 8.05. The first-order chi connectivity index (χ1) is 11.6. The molecule has 0 unspecified atom stereocenters. The lowest BCUT2D eigenvalue weighted by molar-refractivity contribution is 0.0954. The fourth-order valence-electron chi connectivity index (χ4n) is 2.82. The molecule has 0 fully saturated rings. The summed E-state index contributed by atoms with van der Waals surface area (Å²) >= 11 is 5.99. The van der Waals surface area contributed by atoms with E-state index in [4.69, 9.17) is 16.6 Å². The maximum Gasteiger partial charge on any atom is 0.252 e.